The highest BCUT2D eigenvalue weighted by Gasteiger charge is 2.44. The number of likely N-dealkylation sites (N-methyl/N-ethyl adjacent to an activating group) is 1. The number of benzene rings is 2. The molecule has 2 aromatic carbocycles. The molecule has 0 saturated heterocycles. The van der Waals surface area contributed by atoms with Crippen LogP contribution in [0.25, 0.3) is 0 Å². The van der Waals surface area contributed by atoms with E-state index in [0.29, 0.717) is 40.7 Å². The van der Waals surface area contributed by atoms with Crippen molar-refractivity contribution in [2.75, 3.05) is 41.7 Å². The van der Waals surface area contributed by atoms with E-state index in [-0.39, 0.29) is 24.5 Å². The molecule has 0 aromatic heterocycles. The predicted molar refractivity (Wildman–Crippen MR) is 109 cm³/mol. The normalized spacial score (nSPS) is 21.9. The molecule has 30 heavy (non-hydrogen) atoms. The largest absolute Gasteiger partial charge is 0.493 e. The van der Waals surface area contributed by atoms with Gasteiger partial charge in [-0.3, -0.25) is 9.69 Å². The van der Waals surface area contributed by atoms with Gasteiger partial charge in [0, 0.05) is 29.6 Å². The molecule has 0 N–H and O–H groups in total. The smallest absolute Gasteiger partial charge is 0.231 e. The van der Waals surface area contributed by atoms with Gasteiger partial charge in [-0.1, -0.05) is 0 Å². The minimum Gasteiger partial charge on any atom is -0.493 e. The van der Waals surface area contributed by atoms with Crippen molar-refractivity contribution in [1.82, 2.24) is 4.90 Å². The van der Waals surface area contributed by atoms with Gasteiger partial charge in [-0.05, 0) is 49.2 Å². The zero-order valence-electron chi connectivity index (χ0n) is 17.6. The predicted octanol–water partition coefficient (Wildman–Crippen LogP) is 3.03. The summed E-state index contributed by atoms with van der Waals surface area (Å²) in [5.41, 5.74) is 3.87. The monoisotopic (exact) mass is 411 g/mol. The van der Waals surface area contributed by atoms with E-state index >= 15 is 0 Å². The SMILES string of the molecule is COc1cc2c(cc1OC)C(=O)C(C1c3c(cc4c(c3OC)OCO4)CCN1C)C2. The van der Waals surface area contributed by atoms with Crippen LogP contribution in [0.5, 0.6) is 28.7 Å². The van der Waals surface area contributed by atoms with Crippen molar-refractivity contribution in [1.29, 1.82) is 0 Å². The number of hydrogen-bond donors (Lipinski definition) is 0. The Bertz CT molecular complexity index is 1030. The van der Waals surface area contributed by atoms with Crippen LogP contribution >= 0.6 is 0 Å². The maximum absolute atomic E-state index is 13.5. The molecular formula is C23H25NO6. The van der Waals surface area contributed by atoms with Crippen LogP contribution in [0, 0.1) is 5.92 Å². The highest BCUT2D eigenvalue weighted by Crippen LogP contribution is 2.53. The third-order valence-corrected chi connectivity index (χ3v) is 6.48. The Morgan fingerprint density at radius 1 is 1.00 bits per heavy atom. The minimum atomic E-state index is -0.227. The van der Waals surface area contributed by atoms with Gasteiger partial charge in [-0.2, -0.15) is 0 Å². The van der Waals surface area contributed by atoms with Gasteiger partial charge in [0.25, 0.3) is 0 Å². The van der Waals surface area contributed by atoms with Crippen LogP contribution in [0.4, 0.5) is 0 Å². The van der Waals surface area contributed by atoms with Crippen molar-refractivity contribution in [2.45, 2.75) is 18.9 Å². The molecule has 0 amide bonds. The first-order chi connectivity index (χ1) is 14.6. The highest BCUT2D eigenvalue weighted by atomic mass is 16.7. The van der Waals surface area contributed by atoms with Crippen LogP contribution in [0.15, 0.2) is 18.2 Å². The summed E-state index contributed by atoms with van der Waals surface area (Å²) >= 11 is 0. The van der Waals surface area contributed by atoms with E-state index in [1.807, 2.05) is 12.1 Å². The van der Waals surface area contributed by atoms with E-state index in [1.54, 1.807) is 27.4 Å². The van der Waals surface area contributed by atoms with E-state index < -0.39 is 0 Å². The summed E-state index contributed by atoms with van der Waals surface area (Å²) in [6.45, 7) is 1.04. The quantitative estimate of drug-likeness (QED) is 0.766. The van der Waals surface area contributed by atoms with Crippen molar-refractivity contribution in [3.05, 3.63) is 40.5 Å². The molecule has 2 heterocycles. The average molecular weight is 411 g/mol. The van der Waals surface area contributed by atoms with Crippen LogP contribution in [0.2, 0.25) is 0 Å². The Kier molecular flexibility index (Phi) is 4.50. The number of nitrogens with zero attached hydrogens (tertiary/aromatic N) is 1. The number of carbonyl (C=O) groups excluding carboxylic acids is 1. The summed E-state index contributed by atoms with van der Waals surface area (Å²) in [6.07, 6.45) is 1.51. The van der Waals surface area contributed by atoms with Crippen LogP contribution in [0.3, 0.4) is 0 Å². The van der Waals surface area contributed by atoms with Crippen LogP contribution < -0.4 is 23.7 Å². The van der Waals surface area contributed by atoms with Crippen molar-refractivity contribution in [2.24, 2.45) is 5.92 Å². The molecule has 7 nitrogen and oxygen atoms in total. The third-order valence-electron chi connectivity index (χ3n) is 6.48. The number of rotatable bonds is 4. The average Bonchev–Trinajstić information content (AvgIpc) is 3.35. The van der Waals surface area contributed by atoms with Gasteiger partial charge in [0.05, 0.1) is 21.3 Å². The molecule has 2 unspecified atom stereocenters. The number of ether oxygens (including phenoxy) is 5. The molecule has 2 aliphatic heterocycles. The molecule has 158 valence electrons. The van der Waals surface area contributed by atoms with E-state index in [1.165, 1.54) is 0 Å². The van der Waals surface area contributed by atoms with Crippen LogP contribution in [0.1, 0.15) is 33.1 Å². The van der Waals surface area contributed by atoms with Gasteiger partial charge in [0.1, 0.15) is 0 Å². The molecule has 3 aliphatic rings. The fourth-order valence-electron chi connectivity index (χ4n) is 5.08. The molecule has 0 radical (unpaired) electrons. The first-order valence-corrected chi connectivity index (χ1v) is 10.1. The van der Waals surface area contributed by atoms with Gasteiger partial charge < -0.3 is 23.7 Å². The number of ketones is 1. The van der Waals surface area contributed by atoms with Gasteiger partial charge in [0.15, 0.2) is 28.8 Å². The molecule has 2 atom stereocenters. The topological polar surface area (TPSA) is 66.5 Å². The van der Waals surface area contributed by atoms with E-state index in [0.717, 1.165) is 29.7 Å². The fourth-order valence-corrected chi connectivity index (χ4v) is 5.08. The third kappa shape index (κ3) is 2.65. The summed E-state index contributed by atoms with van der Waals surface area (Å²) < 4.78 is 28.0. The summed E-state index contributed by atoms with van der Waals surface area (Å²) in [5, 5.41) is 0. The van der Waals surface area contributed by atoms with Crippen molar-refractivity contribution in [3.63, 3.8) is 0 Å². The lowest BCUT2D eigenvalue weighted by Crippen LogP contribution is -2.39. The lowest BCUT2D eigenvalue weighted by molar-refractivity contribution is 0.0816. The number of carbonyl (C=O) groups is 1. The Hall–Kier alpha value is -2.93. The maximum Gasteiger partial charge on any atom is 0.231 e. The molecule has 1 aliphatic carbocycles. The Morgan fingerprint density at radius 3 is 2.50 bits per heavy atom. The standard InChI is InChI=1S/C23H25NO6/c1-24-6-5-12-8-18-22(30-11-29-18)23(28-4)19(12)20(24)15-7-13-9-16(26-2)17(27-3)10-14(13)21(15)25/h8-10,15,20H,5-7,11H2,1-4H3. The zero-order chi connectivity index (χ0) is 21.0. The molecule has 0 saturated carbocycles. The second kappa shape index (κ2) is 7.09. The fraction of sp³-hybridized carbons (Fsp3) is 0.435. The van der Waals surface area contributed by atoms with E-state index in [2.05, 4.69) is 11.9 Å². The minimum absolute atomic E-state index is 0.116. The lowest BCUT2D eigenvalue weighted by atomic mass is 9.82. The number of Topliss-reactive ketones (excluding diaryl/α,β-unsaturated/α-hetero) is 1. The summed E-state index contributed by atoms with van der Waals surface area (Å²) in [4.78, 5) is 15.8. The molecule has 0 fully saturated rings. The molecular weight excluding hydrogens is 386 g/mol. The molecule has 5 rings (SSSR count). The van der Waals surface area contributed by atoms with Crippen molar-refractivity contribution >= 4 is 5.78 Å². The second-order valence-corrected chi connectivity index (χ2v) is 7.93. The molecule has 7 heteroatoms. The maximum atomic E-state index is 13.5. The first-order valence-electron chi connectivity index (χ1n) is 10.1. The molecule has 2 aromatic rings. The summed E-state index contributed by atoms with van der Waals surface area (Å²) in [6, 6.07) is 5.65. The van der Waals surface area contributed by atoms with Gasteiger partial charge in [-0.15, -0.1) is 0 Å². The number of methoxy groups -OCH3 is 3. The van der Waals surface area contributed by atoms with Gasteiger partial charge >= 0.3 is 0 Å². The Balaban J connectivity index is 1.61. The molecule has 0 bridgehead atoms. The first kappa shape index (κ1) is 19.1. The Morgan fingerprint density at radius 2 is 1.77 bits per heavy atom. The number of fused-ring (bicyclic) bond motifs is 3. The highest BCUT2D eigenvalue weighted by molar-refractivity contribution is 6.03. The number of hydrogen-bond acceptors (Lipinski definition) is 7. The van der Waals surface area contributed by atoms with Gasteiger partial charge in [-0.25, -0.2) is 0 Å². The van der Waals surface area contributed by atoms with E-state index in [9.17, 15) is 4.79 Å². The zero-order valence-corrected chi connectivity index (χ0v) is 17.6. The van der Waals surface area contributed by atoms with Crippen molar-refractivity contribution < 1.29 is 28.5 Å². The van der Waals surface area contributed by atoms with Gasteiger partial charge in [0.2, 0.25) is 12.5 Å². The van der Waals surface area contributed by atoms with Crippen molar-refractivity contribution in [3.8, 4) is 28.7 Å². The van der Waals surface area contributed by atoms with Crippen LogP contribution in [-0.4, -0.2) is 52.4 Å². The van der Waals surface area contributed by atoms with E-state index in [4.69, 9.17) is 23.7 Å². The Labute approximate surface area is 175 Å². The van der Waals surface area contributed by atoms with Crippen LogP contribution in [-0.2, 0) is 12.8 Å². The summed E-state index contributed by atoms with van der Waals surface area (Å²) in [5.74, 6) is 3.12. The summed E-state index contributed by atoms with van der Waals surface area (Å²) in [7, 11) is 6.90. The lowest BCUT2D eigenvalue weighted by Gasteiger charge is -2.38. The molecule has 0 spiro atoms. The second-order valence-electron chi connectivity index (χ2n) is 7.93.